The lowest BCUT2D eigenvalue weighted by Gasteiger charge is -2.31. The van der Waals surface area contributed by atoms with Gasteiger partial charge in [0.2, 0.25) is 0 Å². The van der Waals surface area contributed by atoms with Crippen LogP contribution in [0.5, 0.6) is 0 Å². The van der Waals surface area contributed by atoms with Gasteiger partial charge in [-0.15, -0.1) is 0 Å². The van der Waals surface area contributed by atoms with Gasteiger partial charge in [0.05, 0.1) is 0 Å². The van der Waals surface area contributed by atoms with Crippen LogP contribution in [0.3, 0.4) is 0 Å². The molecule has 0 bridgehead atoms. The Morgan fingerprint density at radius 2 is 1.75 bits per heavy atom. The first kappa shape index (κ1) is 13.4. The van der Waals surface area contributed by atoms with Crippen molar-refractivity contribution in [1.29, 1.82) is 0 Å². The van der Waals surface area contributed by atoms with Crippen molar-refractivity contribution in [2.24, 2.45) is 5.92 Å². The molecule has 1 fully saturated rings. The monoisotopic (exact) mass is 268 g/mol. The number of anilines is 1. The zero-order valence-electron chi connectivity index (χ0n) is 12.3. The van der Waals surface area contributed by atoms with Crippen molar-refractivity contribution in [3.05, 3.63) is 42.0 Å². The number of fused-ring (bicyclic) bond motifs is 1. The van der Waals surface area contributed by atoms with Gasteiger partial charge < -0.3 is 5.73 Å². The van der Waals surface area contributed by atoms with Crippen LogP contribution < -0.4 is 5.73 Å². The van der Waals surface area contributed by atoms with Crippen molar-refractivity contribution < 1.29 is 0 Å². The Labute approximate surface area is 121 Å². The third-order valence-electron chi connectivity index (χ3n) is 4.69. The highest BCUT2D eigenvalue weighted by Gasteiger charge is 2.18. The van der Waals surface area contributed by atoms with Crippen molar-refractivity contribution in [3.8, 4) is 0 Å². The minimum absolute atomic E-state index is 0.931. The molecule has 0 spiro atoms. The number of nitrogens with two attached hydrogens (primary N) is 1. The molecule has 2 nitrogen and oxygen atoms in total. The molecule has 0 amide bonds. The van der Waals surface area contributed by atoms with Crippen LogP contribution in [0.15, 0.2) is 36.4 Å². The van der Waals surface area contributed by atoms with Crippen LogP contribution in [0, 0.1) is 5.92 Å². The van der Waals surface area contributed by atoms with Gasteiger partial charge in [-0.25, -0.2) is 0 Å². The first-order valence-electron chi connectivity index (χ1n) is 7.75. The highest BCUT2D eigenvalue weighted by molar-refractivity contribution is 5.86. The van der Waals surface area contributed by atoms with Crippen molar-refractivity contribution in [1.82, 2.24) is 4.90 Å². The number of nitrogen functional groups attached to an aromatic ring is 1. The van der Waals surface area contributed by atoms with Crippen LogP contribution in [-0.4, -0.2) is 18.0 Å². The molecule has 0 radical (unpaired) electrons. The van der Waals surface area contributed by atoms with Gasteiger partial charge in [0.15, 0.2) is 0 Å². The maximum absolute atomic E-state index is 6.23. The van der Waals surface area contributed by atoms with Crippen LogP contribution in [0.2, 0.25) is 0 Å². The number of piperidine rings is 1. The zero-order chi connectivity index (χ0) is 13.9. The molecule has 1 aliphatic rings. The minimum atomic E-state index is 0.931. The van der Waals surface area contributed by atoms with E-state index in [4.69, 9.17) is 5.73 Å². The number of rotatable bonds is 3. The highest BCUT2D eigenvalue weighted by atomic mass is 15.1. The van der Waals surface area contributed by atoms with Crippen molar-refractivity contribution in [2.45, 2.75) is 32.7 Å². The SMILES string of the molecule is CCC1CCN(Cc2cc3ccccc3cc2N)CC1. The number of nitrogens with zero attached hydrogens (tertiary/aromatic N) is 1. The van der Waals surface area contributed by atoms with Crippen LogP contribution in [0.25, 0.3) is 10.8 Å². The number of hydrogen-bond acceptors (Lipinski definition) is 2. The fourth-order valence-electron chi connectivity index (χ4n) is 3.24. The molecule has 2 N–H and O–H groups in total. The maximum Gasteiger partial charge on any atom is 0.0366 e. The summed E-state index contributed by atoms with van der Waals surface area (Å²) in [5.74, 6) is 0.931. The summed E-state index contributed by atoms with van der Waals surface area (Å²) in [6.45, 7) is 5.73. The fraction of sp³-hybridized carbons (Fsp3) is 0.444. The molecule has 1 aliphatic heterocycles. The molecule has 0 saturated carbocycles. The molecule has 106 valence electrons. The van der Waals surface area contributed by atoms with E-state index in [1.807, 2.05) is 0 Å². The first-order chi connectivity index (χ1) is 9.76. The summed E-state index contributed by atoms with van der Waals surface area (Å²) in [5.41, 5.74) is 8.44. The second-order valence-corrected chi connectivity index (χ2v) is 6.03. The summed E-state index contributed by atoms with van der Waals surface area (Å²) in [5, 5.41) is 2.53. The summed E-state index contributed by atoms with van der Waals surface area (Å²) >= 11 is 0. The highest BCUT2D eigenvalue weighted by Crippen LogP contribution is 2.26. The number of benzene rings is 2. The van der Waals surface area contributed by atoms with Crippen molar-refractivity contribution >= 4 is 16.5 Å². The molecular formula is C18H24N2. The molecule has 2 aromatic carbocycles. The molecule has 1 saturated heterocycles. The smallest absolute Gasteiger partial charge is 0.0366 e. The Kier molecular flexibility index (Phi) is 3.93. The zero-order valence-corrected chi connectivity index (χ0v) is 12.3. The molecule has 2 aromatic rings. The first-order valence-corrected chi connectivity index (χ1v) is 7.75. The van der Waals surface area contributed by atoms with Crippen LogP contribution in [-0.2, 0) is 6.54 Å². The fourth-order valence-corrected chi connectivity index (χ4v) is 3.24. The van der Waals surface area contributed by atoms with E-state index in [2.05, 4.69) is 48.2 Å². The average molecular weight is 268 g/mol. The topological polar surface area (TPSA) is 29.3 Å². The van der Waals surface area contributed by atoms with E-state index < -0.39 is 0 Å². The largest absolute Gasteiger partial charge is 0.398 e. The Morgan fingerprint density at radius 3 is 2.40 bits per heavy atom. The van der Waals surface area contributed by atoms with E-state index in [-0.39, 0.29) is 0 Å². The van der Waals surface area contributed by atoms with Gasteiger partial charge in [-0.3, -0.25) is 4.90 Å². The third kappa shape index (κ3) is 2.80. The average Bonchev–Trinajstić information content (AvgIpc) is 2.49. The summed E-state index contributed by atoms with van der Waals surface area (Å²) in [6.07, 6.45) is 4.00. The van der Waals surface area contributed by atoms with E-state index in [1.54, 1.807) is 0 Å². The van der Waals surface area contributed by atoms with Crippen LogP contribution in [0.4, 0.5) is 5.69 Å². The predicted octanol–water partition coefficient (Wildman–Crippen LogP) is 4.04. The molecule has 0 unspecified atom stereocenters. The lowest BCUT2D eigenvalue weighted by atomic mass is 9.94. The Morgan fingerprint density at radius 1 is 1.10 bits per heavy atom. The Bertz CT molecular complexity index is 583. The van der Waals surface area contributed by atoms with Crippen LogP contribution >= 0.6 is 0 Å². The quantitative estimate of drug-likeness (QED) is 0.851. The van der Waals surface area contributed by atoms with E-state index in [9.17, 15) is 0 Å². The second kappa shape index (κ2) is 5.84. The molecule has 2 heteroatoms. The normalized spacial score (nSPS) is 17.6. The van der Waals surface area contributed by atoms with Gasteiger partial charge in [-0.05, 0) is 60.3 Å². The maximum atomic E-state index is 6.23. The Balaban J connectivity index is 1.76. The summed E-state index contributed by atoms with van der Waals surface area (Å²) < 4.78 is 0. The van der Waals surface area contributed by atoms with Gasteiger partial charge in [0.25, 0.3) is 0 Å². The van der Waals surface area contributed by atoms with E-state index in [0.29, 0.717) is 0 Å². The van der Waals surface area contributed by atoms with Gasteiger partial charge in [-0.2, -0.15) is 0 Å². The van der Waals surface area contributed by atoms with E-state index >= 15 is 0 Å². The number of hydrogen-bond donors (Lipinski definition) is 1. The van der Waals surface area contributed by atoms with Gasteiger partial charge >= 0.3 is 0 Å². The van der Waals surface area contributed by atoms with Crippen molar-refractivity contribution in [3.63, 3.8) is 0 Å². The number of likely N-dealkylation sites (tertiary alicyclic amines) is 1. The lowest BCUT2D eigenvalue weighted by molar-refractivity contribution is 0.175. The van der Waals surface area contributed by atoms with Gasteiger partial charge in [0, 0.05) is 12.2 Å². The van der Waals surface area contributed by atoms with Gasteiger partial charge in [-0.1, -0.05) is 37.6 Å². The standard InChI is InChI=1S/C18H24N2/c1-2-14-7-9-20(10-8-14)13-17-11-15-5-3-4-6-16(15)12-18(17)19/h3-6,11-12,14H,2,7-10,13,19H2,1H3. The molecular weight excluding hydrogens is 244 g/mol. The molecule has 3 rings (SSSR count). The van der Waals surface area contributed by atoms with Crippen LogP contribution in [0.1, 0.15) is 31.7 Å². The molecule has 0 aliphatic carbocycles. The van der Waals surface area contributed by atoms with Crippen molar-refractivity contribution in [2.75, 3.05) is 18.8 Å². The molecule has 1 heterocycles. The van der Waals surface area contributed by atoms with E-state index in [0.717, 1.165) is 18.2 Å². The molecule has 0 atom stereocenters. The second-order valence-electron chi connectivity index (χ2n) is 6.03. The minimum Gasteiger partial charge on any atom is -0.398 e. The lowest BCUT2D eigenvalue weighted by Crippen LogP contribution is -2.33. The predicted molar refractivity (Wildman–Crippen MR) is 86.7 cm³/mol. The van der Waals surface area contributed by atoms with Gasteiger partial charge in [0.1, 0.15) is 0 Å². The Hall–Kier alpha value is -1.54. The molecule has 0 aromatic heterocycles. The summed E-state index contributed by atoms with van der Waals surface area (Å²) in [4.78, 5) is 2.55. The summed E-state index contributed by atoms with van der Waals surface area (Å²) in [7, 11) is 0. The molecule has 20 heavy (non-hydrogen) atoms. The summed E-state index contributed by atoms with van der Waals surface area (Å²) in [6, 6.07) is 12.8. The van der Waals surface area contributed by atoms with E-state index in [1.165, 1.54) is 48.7 Å². The third-order valence-corrected chi connectivity index (χ3v) is 4.69.